The summed E-state index contributed by atoms with van der Waals surface area (Å²) in [6.07, 6.45) is 0. The first-order chi connectivity index (χ1) is 2.64. The van der Waals surface area contributed by atoms with E-state index in [0.717, 1.165) is 0 Å². The third-order valence-corrected chi connectivity index (χ3v) is 1.52. The van der Waals surface area contributed by atoms with Crippen LogP contribution in [0.3, 0.4) is 0 Å². The van der Waals surface area contributed by atoms with E-state index in [0.29, 0.717) is 0 Å². The van der Waals surface area contributed by atoms with E-state index in [1.54, 1.807) is 0 Å². The van der Waals surface area contributed by atoms with E-state index >= 15 is 0 Å². The molecular weight excluding hydrogens is 285 g/mol. The van der Waals surface area contributed by atoms with Crippen molar-refractivity contribution in [3.8, 4) is 0 Å². The van der Waals surface area contributed by atoms with E-state index in [2.05, 4.69) is 0 Å². The van der Waals surface area contributed by atoms with Gasteiger partial charge in [-0.15, -0.1) is 23.2 Å². The summed E-state index contributed by atoms with van der Waals surface area (Å²) < 4.78 is 0. The standard InChI is InChI=1S/C4H8Cl2.HI.K/c1-3(5)4(2)6;;/h3-4H,1-2H3;1H;/q;;+1/p-1. The van der Waals surface area contributed by atoms with Crippen LogP contribution in [0.1, 0.15) is 13.8 Å². The molecule has 0 aliphatic carbocycles. The Kier molecular flexibility index (Phi) is 21.3. The van der Waals surface area contributed by atoms with Crippen LogP contribution in [0.15, 0.2) is 0 Å². The Morgan fingerprint density at radius 2 is 1.12 bits per heavy atom. The minimum Gasteiger partial charge on any atom is -1.00 e. The summed E-state index contributed by atoms with van der Waals surface area (Å²) in [6.45, 7) is 3.75. The molecular formula is C4H8Cl2IK. The van der Waals surface area contributed by atoms with Crippen molar-refractivity contribution < 1.29 is 75.4 Å². The molecule has 46 valence electrons. The Labute approximate surface area is 121 Å². The van der Waals surface area contributed by atoms with Crippen molar-refractivity contribution in [1.82, 2.24) is 0 Å². The molecule has 0 fully saturated rings. The van der Waals surface area contributed by atoms with Gasteiger partial charge in [0.05, 0.1) is 0 Å². The molecule has 0 aromatic carbocycles. The maximum Gasteiger partial charge on any atom is 1.00 e. The molecule has 0 rings (SSSR count). The first kappa shape index (κ1) is 17.1. The molecule has 0 aromatic heterocycles. The van der Waals surface area contributed by atoms with E-state index in [4.69, 9.17) is 23.2 Å². The zero-order chi connectivity index (χ0) is 5.15. The molecule has 2 unspecified atom stereocenters. The quantitative estimate of drug-likeness (QED) is 0.265. The number of hydrogen-bond acceptors (Lipinski definition) is 0. The molecule has 0 aliphatic heterocycles. The van der Waals surface area contributed by atoms with Crippen LogP contribution in [-0.4, -0.2) is 10.8 Å². The fraction of sp³-hybridized carbons (Fsp3) is 1.00. The summed E-state index contributed by atoms with van der Waals surface area (Å²) in [5, 5.41) is 0.179. The molecule has 0 heterocycles. The van der Waals surface area contributed by atoms with Gasteiger partial charge in [0.2, 0.25) is 0 Å². The van der Waals surface area contributed by atoms with E-state index < -0.39 is 0 Å². The van der Waals surface area contributed by atoms with Gasteiger partial charge in [0.25, 0.3) is 0 Å². The summed E-state index contributed by atoms with van der Waals surface area (Å²) in [5.41, 5.74) is 0. The Morgan fingerprint density at radius 3 is 1.12 bits per heavy atom. The van der Waals surface area contributed by atoms with E-state index in [-0.39, 0.29) is 86.1 Å². The molecule has 0 spiro atoms. The molecule has 0 nitrogen and oxygen atoms in total. The van der Waals surface area contributed by atoms with Gasteiger partial charge >= 0.3 is 51.4 Å². The smallest absolute Gasteiger partial charge is 1.00 e. The van der Waals surface area contributed by atoms with Crippen LogP contribution >= 0.6 is 23.2 Å². The van der Waals surface area contributed by atoms with Crippen LogP contribution in [0, 0.1) is 0 Å². The molecule has 0 bridgehead atoms. The average Bonchev–Trinajstić information content (AvgIpc) is 1.36. The van der Waals surface area contributed by atoms with Crippen LogP contribution in [0.2, 0.25) is 0 Å². The zero-order valence-corrected chi connectivity index (χ0v) is 12.1. The Balaban J connectivity index is -0.000000125. The Morgan fingerprint density at radius 1 is 1.00 bits per heavy atom. The monoisotopic (exact) mass is 292 g/mol. The van der Waals surface area contributed by atoms with Gasteiger partial charge in [0.1, 0.15) is 0 Å². The predicted molar refractivity (Wildman–Crippen MR) is 30.6 cm³/mol. The zero-order valence-electron chi connectivity index (χ0n) is 5.29. The molecule has 0 N–H and O–H groups in total. The second-order valence-electron chi connectivity index (χ2n) is 1.36. The van der Waals surface area contributed by atoms with Crippen molar-refractivity contribution in [3.63, 3.8) is 0 Å². The molecule has 0 saturated carbocycles. The predicted octanol–water partition coefficient (Wildman–Crippen LogP) is -3.75. The number of rotatable bonds is 1. The second-order valence-corrected chi connectivity index (χ2v) is 2.73. The normalized spacial score (nSPS) is 15.0. The molecule has 2 atom stereocenters. The van der Waals surface area contributed by atoms with Crippen LogP contribution in [0.25, 0.3) is 0 Å². The molecule has 4 heteroatoms. The number of alkyl halides is 2. The van der Waals surface area contributed by atoms with Gasteiger partial charge < -0.3 is 24.0 Å². The summed E-state index contributed by atoms with van der Waals surface area (Å²) in [5.74, 6) is 0. The molecule has 0 aliphatic rings. The van der Waals surface area contributed by atoms with Gasteiger partial charge in [-0.2, -0.15) is 0 Å². The minimum absolute atomic E-state index is 0. The third kappa shape index (κ3) is 11.7. The van der Waals surface area contributed by atoms with Crippen LogP contribution in [0.5, 0.6) is 0 Å². The number of hydrogen-bond donors (Lipinski definition) is 0. The summed E-state index contributed by atoms with van der Waals surface area (Å²) in [4.78, 5) is 0. The summed E-state index contributed by atoms with van der Waals surface area (Å²) >= 11 is 11.0. The van der Waals surface area contributed by atoms with Gasteiger partial charge in [0.15, 0.2) is 0 Å². The molecule has 0 aromatic rings. The van der Waals surface area contributed by atoms with Gasteiger partial charge in [-0.25, -0.2) is 0 Å². The first-order valence-corrected chi connectivity index (χ1v) is 2.80. The van der Waals surface area contributed by atoms with E-state index in [1.807, 2.05) is 13.8 Å². The first-order valence-electron chi connectivity index (χ1n) is 1.92. The van der Waals surface area contributed by atoms with Gasteiger partial charge in [-0.3, -0.25) is 0 Å². The summed E-state index contributed by atoms with van der Waals surface area (Å²) in [6, 6.07) is 0. The van der Waals surface area contributed by atoms with Crippen molar-refractivity contribution >= 4 is 23.2 Å². The molecule has 0 radical (unpaired) electrons. The van der Waals surface area contributed by atoms with Crippen molar-refractivity contribution in [2.24, 2.45) is 0 Å². The van der Waals surface area contributed by atoms with Gasteiger partial charge in [-0.1, -0.05) is 0 Å². The third-order valence-electron chi connectivity index (χ3n) is 0.633. The maximum atomic E-state index is 5.48. The Bertz CT molecular complexity index is 35.0. The fourth-order valence-electron chi connectivity index (χ4n) is 0. The van der Waals surface area contributed by atoms with Crippen molar-refractivity contribution in [3.05, 3.63) is 0 Å². The van der Waals surface area contributed by atoms with Gasteiger partial charge in [-0.05, 0) is 13.8 Å². The minimum atomic E-state index is 0. The second kappa shape index (κ2) is 9.95. The van der Waals surface area contributed by atoms with Crippen molar-refractivity contribution in [2.45, 2.75) is 24.6 Å². The fourth-order valence-corrected chi connectivity index (χ4v) is 0. The van der Waals surface area contributed by atoms with Crippen molar-refractivity contribution in [2.75, 3.05) is 0 Å². The van der Waals surface area contributed by atoms with Crippen molar-refractivity contribution in [1.29, 1.82) is 0 Å². The van der Waals surface area contributed by atoms with Gasteiger partial charge in [0, 0.05) is 10.8 Å². The Hall–Kier alpha value is 2.95. The molecule has 8 heavy (non-hydrogen) atoms. The molecule has 0 saturated heterocycles. The van der Waals surface area contributed by atoms with Crippen LogP contribution < -0.4 is 75.4 Å². The molecule has 0 amide bonds. The summed E-state index contributed by atoms with van der Waals surface area (Å²) in [7, 11) is 0. The van der Waals surface area contributed by atoms with Crippen LogP contribution in [-0.2, 0) is 0 Å². The number of halogens is 3. The topological polar surface area (TPSA) is 0 Å². The van der Waals surface area contributed by atoms with E-state index in [9.17, 15) is 0 Å². The van der Waals surface area contributed by atoms with E-state index in [1.165, 1.54) is 0 Å². The average molecular weight is 293 g/mol. The largest absolute Gasteiger partial charge is 1.00 e. The maximum absolute atomic E-state index is 5.48. The van der Waals surface area contributed by atoms with Crippen LogP contribution in [0.4, 0.5) is 0 Å². The SMILES string of the molecule is CC(Cl)C(C)Cl.[I-].[K+].